The Kier molecular flexibility index (Phi) is 6.99. The highest BCUT2D eigenvalue weighted by Crippen LogP contribution is 2.27. The number of guanidine groups is 1. The van der Waals surface area contributed by atoms with E-state index >= 15 is 0 Å². The lowest BCUT2D eigenvalue weighted by Crippen LogP contribution is -2.40. The van der Waals surface area contributed by atoms with Gasteiger partial charge in [0, 0.05) is 32.6 Å². The molecule has 1 heterocycles. The number of aromatic nitrogens is 1. The van der Waals surface area contributed by atoms with E-state index in [2.05, 4.69) is 16.9 Å². The molecule has 25 heavy (non-hydrogen) atoms. The van der Waals surface area contributed by atoms with Gasteiger partial charge in [-0.3, -0.25) is 4.79 Å². The van der Waals surface area contributed by atoms with Crippen LogP contribution in [-0.2, 0) is 24.2 Å². The largest absolute Gasteiger partial charge is 0.352 e. The van der Waals surface area contributed by atoms with Crippen LogP contribution in [0.25, 0.3) is 0 Å². The number of hydrogen-bond acceptors (Lipinski definition) is 4. The standard InChI is InChI=1S/C18H29N5OS/c1-13(2)10-19-18(20-11-17(24)22(3)4)23(5)12-16-21-14-8-6-7-9-15(14)25-16/h1,6-12H2,2-5H3,(H,19,20). The summed E-state index contributed by atoms with van der Waals surface area (Å²) in [5, 5.41) is 4.39. The molecule has 0 spiro atoms. The average molecular weight is 364 g/mol. The van der Waals surface area contributed by atoms with Crippen molar-refractivity contribution in [1.29, 1.82) is 0 Å². The van der Waals surface area contributed by atoms with E-state index in [1.165, 1.54) is 23.4 Å². The van der Waals surface area contributed by atoms with Crippen LogP contribution in [0.5, 0.6) is 0 Å². The van der Waals surface area contributed by atoms with E-state index in [1.807, 2.05) is 18.9 Å². The third-order valence-electron chi connectivity index (χ3n) is 4.04. The summed E-state index contributed by atoms with van der Waals surface area (Å²) < 4.78 is 0. The summed E-state index contributed by atoms with van der Waals surface area (Å²) in [6.45, 7) is 7.33. The van der Waals surface area contributed by atoms with Gasteiger partial charge in [0.2, 0.25) is 5.91 Å². The maximum absolute atomic E-state index is 11.8. The van der Waals surface area contributed by atoms with E-state index in [1.54, 1.807) is 30.3 Å². The van der Waals surface area contributed by atoms with Gasteiger partial charge in [-0.15, -0.1) is 11.3 Å². The third kappa shape index (κ3) is 5.85. The quantitative estimate of drug-likeness (QED) is 0.477. The maximum Gasteiger partial charge on any atom is 0.243 e. The van der Waals surface area contributed by atoms with E-state index in [0.29, 0.717) is 19.0 Å². The number of aliphatic imine (C=N–C) groups is 1. The molecule has 1 aromatic rings. The minimum atomic E-state index is -0.0206. The van der Waals surface area contributed by atoms with E-state index in [9.17, 15) is 4.79 Å². The number of rotatable bonds is 6. The summed E-state index contributed by atoms with van der Waals surface area (Å²) in [4.78, 5) is 26.1. The highest BCUT2D eigenvalue weighted by atomic mass is 32.1. The molecule has 0 aliphatic heterocycles. The molecule has 0 fully saturated rings. The summed E-state index contributed by atoms with van der Waals surface area (Å²) in [7, 11) is 5.45. The first kappa shape index (κ1) is 19.4. The zero-order valence-corrected chi connectivity index (χ0v) is 16.6. The Morgan fingerprint density at radius 3 is 2.68 bits per heavy atom. The SMILES string of the molecule is C=C(C)CNC(=NCC(=O)N(C)C)N(C)Cc1nc2c(s1)CCCC2. The van der Waals surface area contributed by atoms with E-state index in [0.717, 1.165) is 23.4 Å². The topological polar surface area (TPSA) is 60.8 Å². The van der Waals surface area contributed by atoms with Crippen molar-refractivity contribution < 1.29 is 4.79 Å². The molecular formula is C18H29N5OS. The minimum absolute atomic E-state index is 0.0206. The maximum atomic E-state index is 11.8. The van der Waals surface area contributed by atoms with Crippen molar-refractivity contribution in [3.05, 3.63) is 27.7 Å². The van der Waals surface area contributed by atoms with Gasteiger partial charge in [0.25, 0.3) is 0 Å². The van der Waals surface area contributed by atoms with Crippen LogP contribution < -0.4 is 5.32 Å². The van der Waals surface area contributed by atoms with Crippen molar-refractivity contribution in [3.63, 3.8) is 0 Å². The molecule has 2 rings (SSSR count). The molecule has 138 valence electrons. The molecule has 1 aliphatic rings. The molecule has 0 radical (unpaired) electrons. The second-order valence-corrected chi connectivity index (χ2v) is 7.95. The monoisotopic (exact) mass is 363 g/mol. The number of likely N-dealkylation sites (N-methyl/N-ethyl adjacent to an activating group) is 1. The minimum Gasteiger partial charge on any atom is -0.352 e. The number of carbonyl (C=O) groups is 1. The highest BCUT2D eigenvalue weighted by Gasteiger charge is 2.17. The molecule has 0 saturated carbocycles. The lowest BCUT2D eigenvalue weighted by molar-refractivity contribution is -0.127. The predicted molar refractivity (Wildman–Crippen MR) is 104 cm³/mol. The van der Waals surface area contributed by atoms with Crippen molar-refractivity contribution in [1.82, 2.24) is 20.1 Å². The fraction of sp³-hybridized carbons (Fsp3) is 0.611. The van der Waals surface area contributed by atoms with Crippen LogP contribution in [0.15, 0.2) is 17.1 Å². The van der Waals surface area contributed by atoms with Gasteiger partial charge < -0.3 is 15.1 Å². The number of aryl methyl sites for hydroxylation is 2. The van der Waals surface area contributed by atoms with E-state index in [-0.39, 0.29) is 12.5 Å². The molecule has 1 aliphatic carbocycles. The first-order valence-electron chi connectivity index (χ1n) is 8.68. The number of nitrogens with zero attached hydrogens (tertiary/aromatic N) is 4. The van der Waals surface area contributed by atoms with Gasteiger partial charge in [0.05, 0.1) is 12.2 Å². The van der Waals surface area contributed by atoms with Gasteiger partial charge in [-0.2, -0.15) is 0 Å². The highest BCUT2D eigenvalue weighted by molar-refractivity contribution is 7.11. The number of nitrogens with one attached hydrogen (secondary N) is 1. The Morgan fingerprint density at radius 2 is 2.04 bits per heavy atom. The van der Waals surface area contributed by atoms with Gasteiger partial charge in [0.1, 0.15) is 11.6 Å². The molecule has 7 heteroatoms. The van der Waals surface area contributed by atoms with Crippen LogP contribution >= 0.6 is 11.3 Å². The van der Waals surface area contributed by atoms with Crippen molar-refractivity contribution in [3.8, 4) is 0 Å². The van der Waals surface area contributed by atoms with Crippen LogP contribution in [0.3, 0.4) is 0 Å². The average Bonchev–Trinajstić information content (AvgIpc) is 2.96. The Morgan fingerprint density at radius 1 is 1.32 bits per heavy atom. The van der Waals surface area contributed by atoms with Crippen LogP contribution in [0.4, 0.5) is 0 Å². The summed E-state index contributed by atoms with van der Waals surface area (Å²) in [5.41, 5.74) is 2.29. The second kappa shape index (κ2) is 8.99. The number of fused-ring (bicyclic) bond motifs is 1. The number of hydrogen-bond donors (Lipinski definition) is 1. The van der Waals surface area contributed by atoms with Crippen LogP contribution in [0.2, 0.25) is 0 Å². The molecule has 1 amide bonds. The zero-order chi connectivity index (χ0) is 18.4. The van der Waals surface area contributed by atoms with Crippen molar-refractivity contribution in [2.75, 3.05) is 34.2 Å². The molecule has 6 nitrogen and oxygen atoms in total. The van der Waals surface area contributed by atoms with Crippen LogP contribution in [0, 0.1) is 0 Å². The van der Waals surface area contributed by atoms with Gasteiger partial charge in [0.15, 0.2) is 5.96 Å². The Bertz CT molecular complexity index is 626. The van der Waals surface area contributed by atoms with Gasteiger partial charge in [-0.1, -0.05) is 12.2 Å². The van der Waals surface area contributed by atoms with Crippen LogP contribution in [-0.4, -0.2) is 60.9 Å². The van der Waals surface area contributed by atoms with E-state index < -0.39 is 0 Å². The molecule has 1 aromatic heterocycles. The predicted octanol–water partition coefficient (Wildman–Crippen LogP) is 2.06. The summed E-state index contributed by atoms with van der Waals surface area (Å²) in [5.74, 6) is 0.680. The molecule has 0 aromatic carbocycles. The summed E-state index contributed by atoms with van der Waals surface area (Å²) in [6, 6.07) is 0. The van der Waals surface area contributed by atoms with Gasteiger partial charge >= 0.3 is 0 Å². The molecule has 0 bridgehead atoms. The summed E-state index contributed by atoms with van der Waals surface area (Å²) in [6.07, 6.45) is 4.76. The first-order valence-corrected chi connectivity index (χ1v) is 9.50. The Balaban J connectivity index is 2.06. The smallest absolute Gasteiger partial charge is 0.243 e. The normalized spacial score (nSPS) is 14.0. The van der Waals surface area contributed by atoms with E-state index in [4.69, 9.17) is 4.98 Å². The van der Waals surface area contributed by atoms with Crippen molar-refractivity contribution in [2.45, 2.75) is 39.2 Å². The third-order valence-corrected chi connectivity index (χ3v) is 5.18. The lowest BCUT2D eigenvalue weighted by Gasteiger charge is -2.22. The fourth-order valence-corrected chi connectivity index (χ4v) is 3.79. The van der Waals surface area contributed by atoms with Gasteiger partial charge in [-0.25, -0.2) is 9.98 Å². The van der Waals surface area contributed by atoms with Gasteiger partial charge in [-0.05, 0) is 32.6 Å². The summed E-state index contributed by atoms with van der Waals surface area (Å²) >= 11 is 1.81. The first-order chi connectivity index (χ1) is 11.9. The molecular weight excluding hydrogens is 334 g/mol. The lowest BCUT2D eigenvalue weighted by atomic mass is 10.0. The molecule has 0 atom stereocenters. The molecule has 0 saturated heterocycles. The van der Waals surface area contributed by atoms with Crippen molar-refractivity contribution in [2.24, 2.45) is 4.99 Å². The molecule has 1 N–H and O–H groups in total. The second-order valence-electron chi connectivity index (χ2n) is 6.78. The number of amides is 1. The number of thiazole rings is 1. The fourth-order valence-electron chi connectivity index (χ4n) is 2.58. The zero-order valence-electron chi connectivity index (χ0n) is 15.8. The Hall–Kier alpha value is -1.89. The Labute approximate surface area is 154 Å². The van der Waals surface area contributed by atoms with Crippen molar-refractivity contribution >= 4 is 23.2 Å². The number of carbonyl (C=O) groups excluding carboxylic acids is 1. The molecule has 0 unspecified atom stereocenters. The van der Waals surface area contributed by atoms with Crippen LogP contribution in [0.1, 0.15) is 35.3 Å².